The highest BCUT2D eigenvalue weighted by Crippen LogP contribution is 2.31. The van der Waals surface area contributed by atoms with E-state index in [1.807, 2.05) is 0 Å². The summed E-state index contributed by atoms with van der Waals surface area (Å²) in [5.41, 5.74) is 7.26. The Morgan fingerprint density at radius 3 is 2.38 bits per heavy atom. The second-order valence-corrected chi connectivity index (χ2v) is 12.4. The van der Waals surface area contributed by atoms with Crippen LogP contribution < -0.4 is 15.8 Å². The van der Waals surface area contributed by atoms with Gasteiger partial charge in [-0.2, -0.15) is 4.31 Å². The molecule has 0 bridgehead atoms. The fraction of sp³-hybridized carbons (Fsp3) is 0.333. The van der Waals surface area contributed by atoms with E-state index in [0.29, 0.717) is 22.8 Å². The molecule has 47 heavy (non-hydrogen) atoms. The lowest BCUT2D eigenvalue weighted by atomic mass is 10.0. The van der Waals surface area contributed by atoms with Crippen LogP contribution in [0, 0.1) is 0 Å². The van der Waals surface area contributed by atoms with Gasteiger partial charge in [-0.15, -0.1) is 13.2 Å². The maximum atomic E-state index is 14.0. The van der Waals surface area contributed by atoms with Gasteiger partial charge in [0.15, 0.2) is 0 Å². The topological polar surface area (TPSA) is 142 Å². The molecule has 4 rings (SSSR count). The summed E-state index contributed by atoms with van der Waals surface area (Å²) in [6.07, 6.45) is -2.60. The summed E-state index contributed by atoms with van der Waals surface area (Å²) in [5, 5.41) is 2.65. The molecule has 252 valence electrons. The van der Waals surface area contributed by atoms with Gasteiger partial charge in [0.1, 0.15) is 29.2 Å². The molecule has 2 aliphatic heterocycles. The Hall–Kier alpha value is -4.64. The van der Waals surface area contributed by atoms with Crippen LogP contribution in [0.25, 0.3) is 0 Å². The number of amidine groups is 1. The zero-order valence-corrected chi connectivity index (χ0v) is 26.2. The van der Waals surface area contributed by atoms with Gasteiger partial charge in [-0.05, 0) is 36.8 Å². The third kappa shape index (κ3) is 8.79. The van der Waals surface area contributed by atoms with Crippen molar-refractivity contribution < 1.29 is 39.9 Å². The molecule has 1 saturated heterocycles. The van der Waals surface area contributed by atoms with Crippen LogP contribution in [0.1, 0.15) is 31.4 Å². The number of rotatable bonds is 10. The van der Waals surface area contributed by atoms with Crippen molar-refractivity contribution in [2.45, 2.75) is 50.0 Å². The van der Waals surface area contributed by atoms with Gasteiger partial charge in [0, 0.05) is 38.2 Å². The van der Waals surface area contributed by atoms with Crippen molar-refractivity contribution in [3.63, 3.8) is 0 Å². The molecule has 2 aromatic carbocycles. The molecule has 2 heterocycles. The Labute approximate surface area is 268 Å². The van der Waals surface area contributed by atoms with E-state index in [1.165, 1.54) is 43.6 Å². The first-order valence-electron chi connectivity index (χ1n) is 14.2. The van der Waals surface area contributed by atoms with Gasteiger partial charge in [-0.25, -0.2) is 32.2 Å². The molecule has 1 fully saturated rings. The Kier molecular flexibility index (Phi) is 10.5. The van der Waals surface area contributed by atoms with Crippen LogP contribution in [0.2, 0.25) is 0 Å². The summed E-state index contributed by atoms with van der Waals surface area (Å²) < 4.78 is 98.0. The number of aliphatic imine (C=N–C) groups is 3. The van der Waals surface area contributed by atoms with Crippen LogP contribution in [0.4, 0.5) is 22.0 Å². The quantitative estimate of drug-likeness (QED) is 0.359. The molecule has 0 aliphatic carbocycles. The highest BCUT2D eigenvalue weighted by atomic mass is 32.2. The largest absolute Gasteiger partial charge is 0.573 e. The summed E-state index contributed by atoms with van der Waals surface area (Å²) in [6.45, 7) is 6.33. The molecule has 11 nitrogen and oxygen atoms in total. The third-order valence-electron chi connectivity index (χ3n) is 7.25. The number of hydrogen-bond donors (Lipinski definition) is 2. The molecule has 2 aliphatic rings. The van der Waals surface area contributed by atoms with Crippen molar-refractivity contribution in [1.82, 2.24) is 14.5 Å². The Bertz CT molecular complexity index is 1720. The number of allylic oxidation sites excluding steroid dienone is 1. The van der Waals surface area contributed by atoms with Crippen LogP contribution in [0.5, 0.6) is 5.75 Å². The number of sulfonamides is 1. The number of benzene rings is 2. The Morgan fingerprint density at radius 1 is 1.13 bits per heavy atom. The van der Waals surface area contributed by atoms with E-state index >= 15 is 0 Å². The molecule has 0 saturated carbocycles. The lowest BCUT2D eigenvalue weighted by Crippen LogP contribution is -2.60. The van der Waals surface area contributed by atoms with Gasteiger partial charge in [0.25, 0.3) is 5.92 Å². The minimum absolute atomic E-state index is 0.0326. The minimum Gasteiger partial charge on any atom is -0.406 e. The SMILES string of the molecule is C=C1N=C(C)N=C/C1=N/C=C(\N)N1CCN(S(=O)(=O)c2ccc(OC(F)(F)F)cc2)[C@@H](C(=O)NCc2ccc(C(F)(F)CC)cc2)C1. The highest BCUT2D eigenvalue weighted by Gasteiger charge is 2.41. The standard InChI is InChI=1S/C30H32F5N7O4S/c1-4-29(31,32)22-7-5-21(6-8-22)15-39-28(43)26-18-41(27(36)17-38-25-16-37-20(3)40-19(25)2)13-14-42(26)47(44,45)24-11-9-23(10-12-24)46-30(33,34)35/h5-12,16-17,26H,2,4,13-15,18,36H2,1,3H3,(H,39,43)/b27-17+,38-25-/t26-/m1/s1. The Balaban J connectivity index is 1.57. The number of nitrogens with zero attached hydrogens (tertiary/aromatic N) is 5. The van der Waals surface area contributed by atoms with Crippen LogP contribution in [-0.2, 0) is 27.3 Å². The first-order chi connectivity index (χ1) is 22.0. The number of ether oxygens (including phenoxy) is 1. The molecule has 0 unspecified atom stereocenters. The molecule has 1 amide bonds. The number of hydrogen-bond acceptors (Lipinski definition) is 9. The number of amides is 1. The fourth-order valence-corrected chi connectivity index (χ4v) is 6.23. The van der Waals surface area contributed by atoms with Gasteiger partial charge in [-0.1, -0.05) is 37.8 Å². The normalized spacial score (nSPS) is 19.1. The summed E-state index contributed by atoms with van der Waals surface area (Å²) in [4.78, 5) is 27.2. The van der Waals surface area contributed by atoms with Crippen molar-refractivity contribution in [2.75, 3.05) is 19.6 Å². The van der Waals surface area contributed by atoms with Crippen LogP contribution in [-0.4, -0.2) is 73.3 Å². The van der Waals surface area contributed by atoms with Crippen molar-refractivity contribution in [1.29, 1.82) is 0 Å². The van der Waals surface area contributed by atoms with Gasteiger partial charge in [0.05, 0.1) is 23.0 Å². The summed E-state index contributed by atoms with van der Waals surface area (Å²) in [7, 11) is -4.42. The predicted octanol–water partition coefficient (Wildman–Crippen LogP) is 4.29. The van der Waals surface area contributed by atoms with E-state index in [-0.39, 0.29) is 48.9 Å². The molecule has 0 aromatic heterocycles. The molecule has 0 radical (unpaired) electrons. The molecule has 1 atom stereocenters. The molecule has 17 heteroatoms. The zero-order valence-electron chi connectivity index (χ0n) is 25.3. The monoisotopic (exact) mass is 681 g/mol. The maximum absolute atomic E-state index is 14.0. The zero-order chi connectivity index (χ0) is 34.6. The number of halogens is 5. The van der Waals surface area contributed by atoms with E-state index in [4.69, 9.17) is 5.73 Å². The van der Waals surface area contributed by atoms with Crippen molar-refractivity contribution in [3.05, 3.63) is 84.0 Å². The molecule has 3 N–H and O–H groups in total. The second kappa shape index (κ2) is 14.0. The summed E-state index contributed by atoms with van der Waals surface area (Å²) in [6, 6.07) is 7.59. The van der Waals surface area contributed by atoms with Crippen LogP contribution >= 0.6 is 0 Å². The van der Waals surface area contributed by atoms with Gasteiger partial charge < -0.3 is 20.7 Å². The third-order valence-corrected chi connectivity index (χ3v) is 9.17. The van der Waals surface area contributed by atoms with Gasteiger partial charge >= 0.3 is 6.36 Å². The number of carbonyl (C=O) groups excluding carboxylic acids is 1. The molecule has 0 spiro atoms. The molecule has 2 aromatic rings. The lowest BCUT2D eigenvalue weighted by Gasteiger charge is -2.40. The van der Waals surface area contributed by atoms with Crippen LogP contribution in [0.15, 0.2) is 92.7 Å². The van der Waals surface area contributed by atoms with Gasteiger partial charge in [-0.3, -0.25) is 4.79 Å². The number of carbonyl (C=O) groups is 1. The van der Waals surface area contributed by atoms with Crippen molar-refractivity contribution >= 4 is 33.7 Å². The smallest absolute Gasteiger partial charge is 0.406 e. The Morgan fingerprint density at radius 2 is 1.79 bits per heavy atom. The number of nitrogens with two attached hydrogens (primary N) is 1. The van der Waals surface area contributed by atoms with E-state index in [2.05, 4.69) is 31.6 Å². The average Bonchev–Trinajstić information content (AvgIpc) is 3.02. The second-order valence-electron chi connectivity index (χ2n) is 10.5. The van der Waals surface area contributed by atoms with E-state index in [1.54, 1.807) is 11.8 Å². The average molecular weight is 682 g/mol. The summed E-state index contributed by atoms with van der Waals surface area (Å²) in [5.74, 6) is -3.77. The van der Waals surface area contributed by atoms with Crippen molar-refractivity contribution in [2.24, 2.45) is 20.7 Å². The number of alkyl halides is 5. The van der Waals surface area contributed by atoms with E-state index in [0.717, 1.165) is 28.6 Å². The predicted molar refractivity (Wildman–Crippen MR) is 165 cm³/mol. The number of nitrogens with one attached hydrogen (secondary N) is 1. The fourth-order valence-electron chi connectivity index (χ4n) is 4.66. The number of piperazine rings is 1. The first-order valence-corrected chi connectivity index (χ1v) is 15.6. The first kappa shape index (κ1) is 35.2. The summed E-state index contributed by atoms with van der Waals surface area (Å²) >= 11 is 0. The van der Waals surface area contributed by atoms with Gasteiger partial charge in [0.2, 0.25) is 15.9 Å². The lowest BCUT2D eigenvalue weighted by molar-refractivity contribution is -0.274. The molecular formula is C30H32F5N7O4S. The maximum Gasteiger partial charge on any atom is 0.573 e. The van der Waals surface area contributed by atoms with E-state index in [9.17, 15) is 35.2 Å². The molecular weight excluding hydrogens is 649 g/mol. The highest BCUT2D eigenvalue weighted by molar-refractivity contribution is 7.89. The van der Waals surface area contributed by atoms with Crippen LogP contribution in [0.3, 0.4) is 0 Å². The van der Waals surface area contributed by atoms with E-state index < -0.39 is 40.0 Å². The van der Waals surface area contributed by atoms with Crippen molar-refractivity contribution in [3.8, 4) is 5.75 Å². The minimum atomic E-state index is -4.97.